The van der Waals surface area contributed by atoms with Gasteiger partial charge in [-0.1, -0.05) is 19.3 Å². The molecule has 6 heteroatoms. The first kappa shape index (κ1) is 14.1. The number of aryl methyl sites for hydroxylation is 1. The van der Waals surface area contributed by atoms with Crippen LogP contribution in [0.2, 0.25) is 0 Å². The Hall–Kier alpha value is -1.85. The number of carbonyl (C=O) groups is 2. The fraction of sp³-hybridized carbons (Fsp3) is 0.667. The Morgan fingerprint density at radius 1 is 1.29 bits per heavy atom. The van der Waals surface area contributed by atoms with Crippen LogP contribution in [-0.2, 0) is 23.2 Å². The van der Waals surface area contributed by atoms with Crippen LogP contribution in [0.4, 0.5) is 0 Å². The molecule has 1 atom stereocenters. The molecule has 0 spiro atoms. The van der Waals surface area contributed by atoms with E-state index in [2.05, 4.69) is 10.4 Å². The number of hydrogen-bond donors (Lipinski definition) is 1. The summed E-state index contributed by atoms with van der Waals surface area (Å²) in [6.45, 7) is 0.587. The monoisotopic (exact) mass is 290 g/mol. The number of aromatic nitrogens is 2. The van der Waals surface area contributed by atoms with E-state index in [1.54, 1.807) is 15.8 Å². The smallest absolute Gasteiger partial charge is 0.243 e. The van der Waals surface area contributed by atoms with Crippen molar-refractivity contribution < 1.29 is 9.59 Å². The first-order chi connectivity index (χ1) is 10.1. The third kappa shape index (κ3) is 2.94. The van der Waals surface area contributed by atoms with E-state index in [-0.39, 0.29) is 24.4 Å². The molecule has 0 aromatic carbocycles. The van der Waals surface area contributed by atoms with Gasteiger partial charge in [-0.15, -0.1) is 0 Å². The van der Waals surface area contributed by atoms with Crippen LogP contribution in [0.3, 0.4) is 0 Å². The van der Waals surface area contributed by atoms with E-state index in [4.69, 9.17) is 0 Å². The van der Waals surface area contributed by atoms with E-state index in [0.29, 0.717) is 12.5 Å². The maximum Gasteiger partial charge on any atom is 0.243 e. The van der Waals surface area contributed by atoms with Gasteiger partial charge >= 0.3 is 0 Å². The molecule has 1 aliphatic carbocycles. The lowest BCUT2D eigenvalue weighted by Crippen LogP contribution is -2.60. The lowest BCUT2D eigenvalue weighted by Gasteiger charge is -2.40. The fourth-order valence-electron chi connectivity index (χ4n) is 3.52. The summed E-state index contributed by atoms with van der Waals surface area (Å²) in [6.07, 6.45) is 9.29. The highest BCUT2D eigenvalue weighted by atomic mass is 16.2. The molecule has 1 N–H and O–H groups in total. The molecule has 2 heterocycles. The predicted octanol–water partition coefficient (Wildman–Crippen LogP) is 0.827. The van der Waals surface area contributed by atoms with Crippen LogP contribution in [0.25, 0.3) is 0 Å². The highest BCUT2D eigenvalue weighted by molar-refractivity contribution is 5.95. The zero-order chi connectivity index (χ0) is 14.8. The average Bonchev–Trinajstić information content (AvgIpc) is 2.89. The largest absolute Gasteiger partial charge is 0.345 e. The third-order valence-corrected chi connectivity index (χ3v) is 4.55. The van der Waals surface area contributed by atoms with Crippen molar-refractivity contribution in [3.05, 3.63) is 18.0 Å². The summed E-state index contributed by atoms with van der Waals surface area (Å²) < 4.78 is 1.72. The van der Waals surface area contributed by atoms with Gasteiger partial charge in [0.2, 0.25) is 11.8 Å². The van der Waals surface area contributed by atoms with Crippen LogP contribution in [0.15, 0.2) is 12.4 Å². The van der Waals surface area contributed by atoms with Gasteiger partial charge in [0.05, 0.1) is 12.7 Å². The minimum Gasteiger partial charge on any atom is -0.345 e. The molecule has 2 aliphatic rings. The van der Waals surface area contributed by atoms with Crippen LogP contribution in [0, 0.1) is 5.92 Å². The standard InChI is InChI=1S/C15H22N4O2/c1-18-9-11(7-17-18)10-19-13(20)8-16-15(21)14(19)12-5-3-2-4-6-12/h7,9,12,14H,2-6,8,10H2,1H3,(H,16,21). The molecule has 1 saturated heterocycles. The van der Waals surface area contributed by atoms with Crippen LogP contribution in [-0.4, -0.2) is 39.1 Å². The number of piperazine rings is 1. The lowest BCUT2D eigenvalue weighted by atomic mass is 9.82. The van der Waals surface area contributed by atoms with E-state index in [0.717, 1.165) is 31.2 Å². The van der Waals surface area contributed by atoms with Gasteiger partial charge in [-0.2, -0.15) is 5.10 Å². The van der Waals surface area contributed by atoms with Gasteiger partial charge in [-0.25, -0.2) is 0 Å². The zero-order valence-electron chi connectivity index (χ0n) is 12.4. The first-order valence-electron chi connectivity index (χ1n) is 7.70. The molecular formula is C15H22N4O2. The number of rotatable bonds is 3. The number of nitrogens with zero attached hydrogens (tertiary/aromatic N) is 3. The van der Waals surface area contributed by atoms with E-state index in [1.807, 2.05) is 13.2 Å². The van der Waals surface area contributed by atoms with Crippen molar-refractivity contribution in [2.24, 2.45) is 13.0 Å². The quantitative estimate of drug-likeness (QED) is 0.896. The Morgan fingerprint density at radius 3 is 2.71 bits per heavy atom. The summed E-state index contributed by atoms with van der Waals surface area (Å²) in [4.78, 5) is 26.4. The van der Waals surface area contributed by atoms with Gasteiger partial charge in [-0.3, -0.25) is 14.3 Å². The maximum absolute atomic E-state index is 12.3. The molecule has 0 bridgehead atoms. The van der Waals surface area contributed by atoms with Crippen LogP contribution >= 0.6 is 0 Å². The van der Waals surface area contributed by atoms with Gasteiger partial charge in [0.15, 0.2) is 0 Å². The molecule has 1 unspecified atom stereocenters. The highest BCUT2D eigenvalue weighted by Crippen LogP contribution is 2.31. The summed E-state index contributed by atoms with van der Waals surface area (Å²) in [7, 11) is 1.85. The van der Waals surface area contributed by atoms with Gasteiger partial charge in [0.1, 0.15) is 6.04 Å². The predicted molar refractivity (Wildman–Crippen MR) is 77.1 cm³/mol. The number of nitrogens with one attached hydrogen (secondary N) is 1. The molecule has 114 valence electrons. The van der Waals surface area contributed by atoms with Crippen molar-refractivity contribution in [3.8, 4) is 0 Å². The van der Waals surface area contributed by atoms with Crippen LogP contribution in [0.1, 0.15) is 37.7 Å². The third-order valence-electron chi connectivity index (χ3n) is 4.55. The van der Waals surface area contributed by atoms with Crippen molar-refractivity contribution in [2.75, 3.05) is 6.54 Å². The Balaban J connectivity index is 1.81. The Bertz CT molecular complexity index is 534. The first-order valence-corrected chi connectivity index (χ1v) is 7.70. The van der Waals surface area contributed by atoms with E-state index < -0.39 is 0 Å². The van der Waals surface area contributed by atoms with Gasteiger partial charge in [0.25, 0.3) is 0 Å². The van der Waals surface area contributed by atoms with Crippen molar-refractivity contribution in [1.29, 1.82) is 0 Å². The number of hydrogen-bond acceptors (Lipinski definition) is 3. The topological polar surface area (TPSA) is 67.2 Å². The zero-order valence-corrected chi connectivity index (χ0v) is 12.4. The molecule has 1 aromatic heterocycles. The minimum atomic E-state index is -0.313. The van der Waals surface area contributed by atoms with Gasteiger partial charge in [0, 0.05) is 25.4 Å². The van der Waals surface area contributed by atoms with Crippen molar-refractivity contribution in [1.82, 2.24) is 20.0 Å². The Labute approximate surface area is 124 Å². The molecule has 21 heavy (non-hydrogen) atoms. The second-order valence-corrected chi connectivity index (χ2v) is 6.10. The summed E-state index contributed by atoms with van der Waals surface area (Å²) in [5, 5.41) is 6.89. The van der Waals surface area contributed by atoms with E-state index in [1.165, 1.54) is 6.42 Å². The SMILES string of the molecule is Cn1cc(CN2C(=O)CNC(=O)C2C2CCCCC2)cn1. The summed E-state index contributed by atoms with van der Waals surface area (Å²) >= 11 is 0. The molecule has 0 radical (unpaired) electrons. The summed E-state index contributed by atoms with van der Waals surface area (Å²) in [5.41, 5.74) is 0.973. The van der Waals surface area contributed by atoms with E-state index >= 15 is 0 Å². The second-order valence-electron chi connectivity index (χ2n) is 6.10. The maximum atomic E-state index is 12.3. The normalized spacial score (nSPS) is 24.2. The van der Waals surface area contributed by atoms with Crippen molar-refractivity contribution >= 4 is 11.8 Å². The van der Waals surface area contributed by atoms with Crippen molar-refractivity contribution in [2.45, 2.75) is 44.7 Å². The Kier molecular flexibility index (Phi) is 3.94. The molecule has 2 fully saturated rings. The van der Waals surface area contributed by atoms with Gasteiger partial charge < -0.3 is 10.2 Å². The lowest BCUT2D eigenvalue weighted by molar-refractivity contribution is -0.149. The van der Waals surface area contributed by atoms with Crippen LogP contribution < -0.4 is 5.32 Å². The highest BCUT2D eigenvalue weighted by Gasteiger charge is 2.40. The summed E-state index contributed by atoms with van der Waals surface area (Å²) in [6, 6.07) is -0.313. The molecule has 6 nitrogen and oxygen atoms in total. The second kappa shape index (κ2) is 5.87. The van der Waals surface area contributed by atoms with Crippen LogP contribution in [0.5, 0.6) is 0 Å². The average molecular weight is 290 g/mol. The molecule has 1 aliphatic heterocycles. The number of amides is 2. The fourth-order valence-corrected chi connectivity index (χ4v) is 3.52. The van der Waals surface area contributed by atoms with Crippen molar-refractivity contribution in [3.63, 3.8) is 0 Å². The molecule has 1 saturated carbocycles. The molecular weight excluding hydrogens is 268 g/mol. The number of carbonyl (C=O) groups excluding carboxylic acids is 2. The molecule has 3 rings (SSSR count). The van der Waals surface area contributed by atoms with E-state index in [9.17, 15) is 9.59 Å². The summed E-state index contributed by atoms with van der Waals surface area (Å²) in [5.74, 6) is 0.305. The molecule has 1 aromatic rings. The van der Waals surface area contributed by atoms with Gasteiger partial charge in [-0.05, 0) is 18.8 Å². The Morgan fingerprint density at radius 2 is 2.05 bits per heavy atom. The molecule has 2 amide bonds. The minimum absolute atomic E-state index is 0.00499.